The van der Waals surface area contributed by atoms with Crippen molar-refractivity contribution in [1.29, 1.82) is 5.26 Å². The number of nitriles is 1. The van der Waals surface area contributed by atoms with Crippen molar-refractivity contribution in [3.05, 3.63) is 0 Å². The molecule has 2 N–H and O–H groups in total. The molecule has 3 atom stereocenters. The van der Waals surface area contributed by atoms with Crippen LogP contribution in [0.2, 0.25) is 0 Å². The highest BCUT2D eigenvalue weighted by Crippen LogP contribution is 2.20. The Kier molecular flexibility index (Phi) is 6.07. The third kappa shape index (κ3) is 4.24. The van der Waals surface area contributed by atoms with Gasteiger partial charge in [-0.3, -0.25) is 0 Å². The topological polar surface area (TPSA) is 62.3 Å². The molecule has 0 bridgehead atoms. The summed E-state index contributed by atoms with van der Waals surface area (Å²) < 4.78 is 5.50. The van der Waals surface area contributed by atoms with Gasteiger partial charge < -0.3 is 15.4 Å². The summed E-state index contributed by atoms with van der Waals surface area (Å²) in [5, 5.41) is 9.03. The Hall–Kier alpha value is -0.630. The standard InChI is InChI=1S/C14H27N3O/c1-4-14(16,11-15)7-5-8-17-9-6-12(2)13(10-17)18-3/h12-13H,4-10,16H2,1-3H3. The second-order valence-electron chi connectivity index (χ2n) is 5.57. The minimum Gasteiger partial charge on any atom is -0.380 e. The Balaban J connectivity index is 2.30. The average molecular weight is 253 g/mol. The van der Waals surface area contributed by atoms with Crippen molar-refractivity contribution < 1.29 is 4.74 Å². The van der Waals surface area contributed by atoms with E-state index in [1.807, 2.05) is 6.92 Å². The van der Waals surface area contributed by atoms with Crippen LogP contribution in [0.25, 0.3) is 0 Å². The van der Waals surface area contributed by atoms with Gasteiger partial charge in [-0.2, -0.15) is 5.26 Å². The minimum absolute atomic E-state index is 0.350. The van der Waals surface area contributed by atoms with E-state index < -0.39 is 5.54 Å². The first kappa shape index (κ1) is 15.4. The summed E-state index contributed by atoms with van der Waals surface area (Å²) in [7, 11) is 1.79. The molecule has 0 aromatic heterocycles. The van der Waals surface area contributed by atoms with Crippen LogP contribution >= 0.6 is 0 Å². The number of methoxy groups -OCH3 is 1. The second kappa shape index (κ2) is 7.08. The molecular weight excluding hydrogens is 226 g/mol. The fourth-order valence-corrected chi connectivity index (χ4v) is 2.54. The quantitative estimate of drug-likeness (QED) is 0.783. The predicted octanol–water partition coefficient (Wildman–Crippen LogP) is 1.75. The van der Waals surface area contributed by atoms with E-state index in [4.69, 9.17) is 15.7 Å². The van der Waals surface area contributed by atoms with Crippen molar-refractivity contribution in [3.8, 4) is 6.07 Å². The number of nitrogens with zero attached hydrogens (tertiary/aromatic N) is 2. The maximum absolute atomic E-state index is 9.03. The lowest BCUT2D eigenvalue weighted by molar-refractivity contribution is -0.00547. The molecule has 4 heteroatoms. The van der Waals surface area contributed by atoms with Crippen molar-refractivity contribution in [3.63, 3.8) is 0 Å². The Bertz CT molecular complexity index is 289. The first-order chi connectivity index (χ1) is 8.54. The number of nitrogens with two attached hydrogens (primary N) is 1. The van der Waals surface area contributed by atoms with Gasteiger partial charge in [-0.25, -0.2) is 0 Å². The lowest BCUT2D eigenvalue weighted by atomic mass is 9.92. The number of ether oxygens (including phenoxy) is 1. The van der Waals surface area contributed by atoms with E-state index in [0.29, 0.717) is 12.0 Å². The zero-order valence-corrected chi connectivity index (χ0v) is 12.0. The Morgan fingerprint density at radius 1 is 1.56 bits per heavy atom. The fourth-order valence-electron chi connectivity index (χ4n) is 2.54. The van der Waals surface area contributed by atoms with E-state index in [9.17, 15) is 0 Å². The number of likely N-dealkylation sites (tertiary alicyclic amines) is 1. The molecular formula is C14H27N3O. The Labute approximate surface area is 111 Å². The zero-order chi connectivity index (χ0) is 13.6. The molecule has 1 aliphatic rings. The van der Waals surface area contributed by atoms with Crippen molar-refractivity contribution in [2.45, 2.75) is 51.2 Å². The minimum atomic E-state index is -0.635. The highest BCUT2D eigenvalue weighted by atomic mass is 16.5. The third-order valence-electron chi connectivity index (χ3n) is 4.23. The molecule has 1 fully saturated rings. The molecule has 18 heavy (non-hydrogen) atoms. The van der Waals surface area contributed by atoms with Gasteiger partial charge in [-0.05, 0) is 44.7 Å². The van der Waals surface area contributed by atoms with Crippen LogP contribution < -0.4 is 5.73 Å². The summed E-state index contributed by atoms with van der Waals surface area (Å²) >= 11 is 0. The lowest BCUT2D eigenvalue weighted by Gasteiger charge is -2.36. The highest BCUT2D eigenvalue weighted by molar-refractivity contribution is 5.03. The molecule has 0 amide bonds. The van der Waals surface area contributed by atoms with E-state index in [2.05, 4.69) is 17.9 Å². The lowest BCUT2D eigenvalue weighted by Crippen LogP contribution is -2.45. The summed E-state index contributed by atoms with van der Waals surface area (Å²) in [5.74, 6) is 0.648. The summed E-state index contributed by atoms with van der Waals surface area (Å²) in [6.45, 7) is 7.40. The molecule has 0 aliphatic carbocycles. The average Bonchev–Trinajstić information content (AvgIpc) is 2.40. The van der Waals surface area contributed by atoms with Gasteiger partial charge in [-0.15, -0.1) is 0 Å². The van der Waals surface area contributed by atoms with Gasteiger partial charge in [0.2, 0.25) is 0 Å². The second-order valence-corrected chi connectivity index (χ2v) is 5.57. The Morgan fingerprint density at radius 2 is 2.28 bits per heavy atom. The fraction of sp³-hybridized carbons (Fsp3) is 0.929. The first-order valence-corrected chi connectivity index (χ1v) is 7.00. The SMILES string of the molecule is CCC(N)(C#N)CCCN1CCC(C)C(OC)C1. The van der Waals surface area contributed by atoms with Crippen molar-refractivity contribution in [2.24, 2.45) is 11.7 Å². The summed E-state index contributed by atoms with van der Waals surface area (Å²) in [5.41, 5.74) is 5.35. The highest BCUT2D eigenvalue weighted by Gasteiger charge is 2.27. The van der Waals surface area contributed by atoms with Gasteiger partial charge in [0.05, 0.1) is 12.2 Å². The Morgan fingerprint density at radius 3 is 2.83 bits per heavy atom. The molecule has 0 radical (unpaired) electrons. The molecule has 1 saturated heterocycles. The number of piperidine rings is 1. The van der Waals surface area contributed by atoms with Gasteiger partial charge in [-0.1, -0.05) is 13.8 Å². The van der Waals surface area contributed by atoms with Crippen LogP contribution in [0.4, 0.5) is 0 Å². The van der Waals surface area contributed by atoms with Gasteiger partial charge in [0.15, 0.2) is 0 Å². The molecule has 1 aliphatic heterocycles. The molecule has 1 heterocycles. The van der Waals surface area contributed by atoms with E-state index in [1.165, 1.54) is 6.42 Å². The zero-order valence-electron chi connectivity index (χ0n) is 12.0. The van der Waals surface area contributed by atoms with E-state index >= 15 is 0 Å². The monoisotopic (exact) mass is 253 g/mol. The van der Waals surface area contributed by atoms with Crippen LogP contribution in [0.15, 0.2) is 0 Å². The molecule has 0 aromatic carbocycles. The summed E-state index contributed by atoms with van der Waals surface area (Å²) in [6, 6.07) is 2.23. The molecule has 3 unspecified atom stereocenters. The number of hydrogen-bond donors (Lipinski definition) is 1. The summed E-state index contributed by atoms with van der Waals surface area (Å²) in [6.07, 6.45) is 4.04. The van der Waals surface area contributed by atoms with Crippen LogP contribution in [0.5, 0.6) is 0 Å². The van der Waals surface area contributed by atoms with Crippen molar-refractivity contribution in [2.75, 3.05) is 26.7 Å². The van der Waals surface area contributed by atoms with Gasteiger partial charge >= 0.3 is 0 Å². The molecule has 0 saturated carbocycles. The first-order valence-electron chi connectivity index (χ1n) is 7.00. The predicted molar refractivity (Wildman–Crippen MR) is 73.1 cm³/mol. The van der Waals surface area contributed by atoms with Crippen molar-refractivity contribution in [1.82, 2.24) is 4.90 Å². The maximum Gasteiger partial charge on any atom is 0.104 e. The van der Waals surface area contributed by atoms with Crippen LogP contribution in [-0.4, -0.2) is 43.3 Å². The number of rotatable bonds is 6. The van der Waals surface area contributed by atoms with E-state index in [1.54, 1.807) is 7.11 Å². The normalized spacial score (nSPS) is 28.6. The number of hydrogen-bond acceptors (Lipinski definition) is 4. The molecule has 0 aromatic rings. The smallest absolute Gasteiger partial charge is 0.104 e. The van der Waals surface area contributed by atoms with Gasteiger partial charge in [0.25, 0.3) is 0 Å². The van der Waals surface area contributed by atoms with Crippen LogP contribution in [0, 0.1) is 17.2 Å². The van der Waals surface area contributed by atoms with E-state index in [0.717, 1.165) is 38.9 Å². The molecule has 4 nitrogen and oxygen atoms in total. The van der Waals surface area contributed by atoms with Crippen LogP contribution in [0.3, 0.4) is 0 Å². The third-order valence-corrected chi connectivity index (χ3v) is 4.23. The van der Waals surface area contributed by atoms with E-state index in [-0.39, 0.29) is 0 Å². The van der Waals surface area contributed by atoms with Crippen LogP contribution in [-0.2, 0) is 4.74 Å². The summed E-state index contributed by atoms with van der Waals surface area (Å²) in [4.78, 5) is 2.43. The largest absolute Gasteiger partial charge is 0.380 e. The van der Waals surface area contributed by atoms with Gasteiger partial charge in [0.1, 0.15) is 5.54 Å². The van der Waals surface area contributed by atoms with Crippen LogP contribution in [0.1, 0.15) is 39.5 Å². The maximum atomic E-state index is 9.03. The molecule has 104 valence electrons. The van der Waals surface area contributed by atoms with Gasteiger partial charge in [0, 0.05) is 13.7 Å². The van der Waals surface area contributed by atoms with Crippen molar-refractivity contribution >= 4 is 0 Å². The molecule has 1 rings (SSSR count). The molecule has 0 spiro atoms.